The van der Waals surface area contributed by atoms with Crippen LogP contribution in [0.15, 0.2) is 54.7 Å². The second-order valence-corrected chi connectivity index (χ2v) is 6.59. The van der Waals surface area contributed by atoms with E-state index in [2.05, 4.69) is 10.2 Å². The molecule has 1 heterocycles. The first kappa shape index (κ1) is 14.6. The van der Waals surface area contributed by atoms with Gasteiger partial charge in [-0.15, -0.1) is 0 Å². The molecule has 0 saturated heterocycles. The molecule has 3 rings (SSSR count). The lowest BCUT2D eigenvalue weighted by Gasteiger charge is -2.08. The molecular formula is C16H14N2O3S. The lowest BCUT2D eigenvalue weighted by Crippen LogP contribution is -2.02. The fourth-order valence-corrected chi connectivity index (χ4v) is 2.57. The van der Waals surface area contributed by atoms with Crippen LogP contribution in [0.3, 0.4) is 0 Å². The summed E-state index contributed by atoms with van der Waals surface area (Å²) >= 11 is 0. The molecule has 0 amide bonds. The smallest absolute Gasteiger partial charge is 0.264 e. The number of benzene rings is 2. The fourth-order valence-electron chi connectivity index (χ4n) is 2.22. The van der Waals surface area contributed by atoms with Crippen LogP contribution in [0.5, 0.6) is 0 Å². The van der Waals surface area contributed by atoms with Crippen LogP contribution in [0.2, 0.25) is 0 Å². The number of nitrogens with zero attached hydrogens (tertiary/aromatic N) is 2. The fraction of sp³-hybridized carbons (Fsp3) is 0.125. The van der Waals surface area contributed by atoms with Gasteiger partial charge in [-0.3, -0.25) is 4.18 Å². The SMILES string of the molecule is CS(=O)(=O)OCc1ccc2nncc(-c3ccccc3)c2c1. The summed E-state index contributed by atoms with van der Waals surface area (Å²) < 4.78 is 27.1. The maximum Gasteiger partial charge on any atom is 0.264 e. The highest BCUT2D eigenvalue weighted by Gasteiger charge is 2.08. The Bertz CT molecular complexity index is 909. The topological polar surface area (TPSA) is 69.2 Å². The Balaban J connectivity index is 2.06. The van der Waals surface area contributed by atoms with Crippen molar-refractivity contribution in [2.24, 2.45) is 0 Å². The van der Waals surface area contributed by atoms with Crippen molar-refractivity contribution in [1.29, 1.82) is 0 Å². The Kier molecular flexibility index (Phi) is 3.87. The molecule has 0 spiro atoms. The Morgan fingerprint density at radius 2 is 1.86 bits per heavy atom. The molecule has 0 aliphatic heterocycles. The van der Waals surface area contributed by atoms with Gasteiger partial charge in [-0.2, -0.15) is 18.6 Å². The van der Waals surface area contributed by atoms with Gasteiger partial charge < -0.3 is 0 Å². The van der Waals surface area contributed by atoms with Crippen LogP contribution in [0.1, 0.15) is 5.56 Å². The number of hydrogen-bond donors (Lipinski definition) is 0. The first-order chi connectivity index (χ1) is 10.5. The van der Waals surface area contributed by atoms with Gasteiger partial charge in [0.1, 0.15) is 0 Å². The Labute approximate surface area is 128 Å². The van der Waals surface area contributed by atoms with Crippen LogP contribution in [-0.4, -0.2) is 24.9 Å². The van der Waals surface area contributed by atoms with E-state index < -0.39 is 10.1 Å². The van der Waals surface area contributed by atoms with Crippen LogP contribution >= 0.6 is 0 Å². The summed E-state index contributed by atoms with van der Waals surface area (Å²) in [4.78, 5) is 0. The highest BCUT2D eigenvalue weighted by atomic mass is 32.2. The van der Waals surface area contributed by atoms with Crippen molar-refractivity contribution in [2.75, 3.05) is 6.26 Å². The van der Waals surface area contributed by atoms with Crippen LogP contribution in [0.25, 0.3) is 22.0 Å². The zero-order valence-electron chi connectivity index (χ0n) is 11.9. The van der Waals surface area contributed by atoms with E-state index in [1.807, 2.05) is 42.5 Å². The molecule has 0 fully saturated rings. The number of aromatic nitrogens is 2. The lowest BCUT2D eigenvalue weighted by atomic mass is 10.0. The molecule has 5 nitrogen and oxygen atoms in total. The molecule has 22 heavy (non-hydrogen) atoms. The third-order valence-corrected chi connectivity index (χ3v) is 3.77. The predicted octanol–water partition coefficient (Wildman–Crippen LogP) is 2.77. The van der Waals surface area contributed by atoms with Gasteiger partial charge in [-0.1, -0.05) is 36.4 Å². The van der Waals surface area contributed by atoms with E-state index in [9.17, 15) is 8.42 Å². The number of hydrogen-bond acceptors (Lipinski definition) is 5. The Morgan fingerprint density at radius 1 is 1.09 bits per heavy atom. The minimum absolute atomic E-state index is 0.00528. The molecule has 112 valence electrons. The average molecular weight is 314 g/mol. The van der Waals surface area contributed by atoms with Crippen LogP contribution in [0, 0.1) is 0 Å². The zero-order chi connectivity index (χ0) is 15.6. The third-order valence-electron chi connectivity index (χ3n) is 3.23. The number of fused-ring (bicyclic) bond motifs is 1. The van der Waals surface area contributed by atoms with Gasteiger partial charge in [0.25, 0.3) is 10.1 Å². The molecule has 6 heteroatoms. The van der Waals surface area contributed by atoms with Crippen molar-refractivity contribution in [3.05, 3.63) is 60.3 Å². The van der Waals surface area contributed by atoms with Gasteiger partial charge in [0.2, 0.25) is 0 Å². The predicted molar refractivity (Wildman–Crippen MR) is 84.6 cm³/mol. The van der Waals surface area contributed by atoms with E-state index in [1.54, 1.807) is 12.3 Å². The highest BCUT2D eigenvalue weighted by Crippen LogP contribution is 2.27. The summed E-state index contributed by atoms with van der Waals surface area (Å²) in [7, 11) is -3.47. The van der Waals surface area contributed by atoms with Crippen LogP contribution in [0.4, 0.5) is 0 Å². The van der Waals surface area contributed by atoms with Crippen molar-refractivity contribution >= 4 is 21.0 Å². The van der Waals surface area contributed by atoms with Gasteiger partial charge in [-0.05, 0) is 23.3 Å². The molecule has 1 aromatic heterocycles. The summed E-state index contributed by atoms with van der Waals surface area (Å²) in [5.74, 6) is 0. The highest BCUT2D eigenvalue weighted by molar-refractivity contribution is 7.85. The van der Waals surface area contributed by atoms with E-state index in [0.29, 0.717) is 0 Å². The monoisotopic (exact) mass is 314 g/mol. The molecule has 0 radical (unpaired) electrons. The van der Waals surface area contributed by atoms with E-state index >= 15 is 0 Å². The standard InChI is InChI=1S/C16H14N2O3S/c1-22(19,20)21-11-12-7-8-16-14(9-12)15(10-17-18-16)13-5-3-2-4-6-13/h2-10H,11H2,1H3. The zero-order valence-corrected chi connectivity index (χ0v) is 12.7. The molecule has 0 bridgehead atoms. The normalized spacial score (nSPS) is 11.7. The van der Waals surface area contributed by atoms with Crippen molar-refractivity contribution < 1.29 is 12.6 Å². The van der Waals surface area contributed by atoms with Gasteiger partial charge >= 0.3 is 0 Å². The molecule has 0 saturated carbocycles. The van der Waals surface area contributed by atoms with Gasteiger partial charge in [0.15, 0.2) is 0 Å². The first-order valence-corrected chi connectivity index (χ1v) is 8.49. The Morgan fingerprint density at radius 3 is 2.59 bits per heavy atom. The molecule has 0 aliphatic rings. The van der Waals surface area contributed by atoms with Crippen molar-refractivity contribution in [3.63, 3.8) is 0 Å². The van der Waals surface area contributed by atoms with Gasteiger partial charge in [-0.25, -0.2) is 0 Å². The molecule has 3 aromatic rings. The summed E-state index contributed by atoms with van der Waals surface area (Å²) in [6.07, 6.45) is 2.74. The van der Waals surface area contributed by atoms with E-state index in [1.165, 1.54) is 0 Å². The first-order valence-electron chi connectivity index (χ1n) is 6.67. The minimum Gasteiger partial charge on any atom is -0.265 e. The van der Waals surface area contributed by atoms with E-state index in [-0.39, 0.29) is 6.61 Å². The molecule has 2 aromatic carbocycles. The van der Waals surface area contributed by atoms with Crippen molar-refractivity contribution in [1.82, 2.24) is 10.2 Å². The van der Waals surface area contributed by atoms with E-state index in [4.69, 9.17) is 4.18 Å². The minimum atomic E-state index is -3.47. The lowest BCUT2D eigenvalue weighted by molar-refractivity contribution is 0.312. The second-order valence-electron chi connectivity index (χ2n) is 4.94. The average Bonchev–Trinajstić information content (AvgIpc) is 2.52. The summed E-state index contributed by atoms with van der Waals surface area (Å²) in [5.41, 5.74) is 3.50. The summed E-state index contributed by atoms with van der Waals surface area (Å²) in [5, 5.41) is 9.05. The second kappa shape index (κ2) is 5.82. The maximum atomic E-state index is 11.1. The third kappa shape index (κ3) is 3.29. The van der Waals surface area contributed by atoms with Crippen LogP contribution < -0.4 is 0 Å². The molecule has 0 atom stereocenters. The van der Waals surface area contributed by atoms with Crippen LogP contribution in [-0.2, 0) is 20.9 Å². The molecule has 0 aliphatic carbocycles. The molecular weight excluding hydrogens is 300 g/mol. The van der Waals surface area contributed by atoms with Gasteiger partial charge in [0, 0.05) is 10.9 Å². The van der Waals surface area contributed by atoms with Crippen molar-refractivity contribution in [3.8, 4) is 11.1 Å². The summed E-state index contributed by atoms with van der Waals surface area (Å²) in [6, 6.07) is 15.3. The molecule has 0 unspecified atom stereocenters. The quantitative estimate of drug-likeness (QED) is 0.693. The van der Waals surface area contributed by atoms with E-state index in [0.717, 1.165) is 33.8 Å². The summed E-state index contributed by atoms with van der Waals surface area (Å²) in [6.45, 7) is 0.00528. The van der Waals surface area contributed by atoms with Gasteiger partial charge in [0.05, 0.1) is 24.6 Å². The number of rotatable bonds is 4. The van der Waals surface area contributed by atoms with Crippen molar-refractivity contribution in [2.45, 2.75) is 6.61 Å². The Hall–Kier alpha value is -2.31. The largest absolute Gasteiger partial charge is 0.265 e. The maximum absolute atomic E-state index is 11.1. The molecule has 0 N–H and O–H groups in total.